The van der Waals surface area contributed by atoms with Crippen molar-refractivity contribution in [2.75, 3.05) is 26.2 Å². The van der Waals surface area contributed by atoms with Crippen molar-refractivity contribution in [3.8, 4) is 11.3 Å². The Morgan fingerprint density at radius 2 is 1.82 bits per heavy atom. The predicted molar refractivity (Wildman–Crippen MR) is 168 cm³/mol. The molecule has 3 aliphatic rings. The summed E-state index contributed by atoms with van der Waals surface area (Å²) in [6, 6.07) is 14.7. The molecule has 7 nitrogen and oxygen atoms in total. The summed E-state index contributed by atoms with van der Waals surface area (Å²) in [7, 11) is 0. The number of urea groups is 1. The van der Waals surface area contributed by atoms with E-state index in [4.69, 9.17) is 0 Å². The minimum absolute atomic E-state index is 0.00657. The molecule has 1 saturated carbocycles. The van der Waals surface area contributed by atoms with Gasteiger partial charge in [0.2, 0.25) is 0 Å². The lowest BCUT2D eigenvalue weighted by Gasteiger charge is -2.51. The minimum atomic E-state index is -0.553. The summed E-state index contributed by atoms with van der Waals surface area (Å²) in [5.74, 6) is -0.988. The predicted octanol–water partition coefficient (Wildman–Crippen LogP) is 6.07. The molecule has 9 heteroatoms. The number of aromatic nitrogens is 1. The van der Waals surface area contributed by atoms with E-state index in [2.05, 4.69) is 29.0 Å². The van der Waals surface area contributed by atoms with E-state index in [9.17, 15) is 14.0 Å². The molecule has 0 radical (unpaired) electrons. The number of H-pyrrole nitrogens is 1. The van der Waals surface area contributed by atoms with Crippen LogP contribution in [0.4, 0.5) is 13.6 Å². The van der Waals surface area contributed by atoms with E-state index in [1.165, 1.54) is 6.07 Å². The molecular formula is C35H43F2N5O2. The van der Waals surface area contributed by atoms with Gasteiger partial charge in [0.15, 0.2) is 5.43 Å². The number of hydrogen-bond donors (Lipinski definition) is 2. The van der Waals surface area contributed by atoms with Gasteiger partial charge < -0.3 is 20.1 Å². The standard InChI is InChI=1S/C35H43F2N5O2/c1-24(2)39-28-12-15-42(32(19-28)29-18-27(36)10-11-30(29)37)34(44)40-16-17-41(35(23-40)13-6-7-14-35)22-26-21-38-31(20-33(26)43)25-8-4-3-5-9-25/h3-5,8-11,18,20-21,24,28,32,39H,6-7,12-17,19,22-23H2,1-2H3,(H,38,43). The lowest BCUT2D eigenvalue weighted by Crippen LogP contribution is -2.64. The molecule has 2 atom stereocenters. The molecule has 0 bridgehead atoms. The Kier molecular flexibility index (Phi) is 8.87. The molecule has 3 fully saturated rings. The fourth-order valence-corrected chi connectivity index (χ4v) is 7.61. The van der Waals surface area contributed by atoms with Crippen LogP contribution in [-0.4, -0.2) is 69.5 Å². The summed E-state index contributed by atoms with van der Waals surface area (Å²) in [5.41, 5.74) is 2.51. The molecule has 1 aromatic heterocycles. The molecule has 1 spiro atoms. The zero-order valence-corrected chi connectivity index (χ0v) is 25.7. The van der Waals surface area contributed by atoms with E-state index in [1.54, 1.807) is 11.0 Å². The van der Waals surface area contributed by atoms with Crippen LogP contribution >= 0.6 is 0 Å². The van der Waals surface area contributed by atoms with Crippen molar-refractivity contribution in [1.29, 1.82) is 0 Å². The Bertz CT molecular complexity index is 1520. The van der Waals surface area contributed by atoms with Gasteiger partial charge >= 0.3 is 6.03 Å². The van der Waals surface area contributed by atoms with E-state index in [0.717, 1.165) is 61.1 Å². The maximum absolute atomic E-state index is 15.1. The van der Waals surface area contributed by atoms with Crippen molar-refractivity contribution in [1.82, 2.24) is 25.0 Å². The van der Waals surface area contributed by atoms with E-state index < -0.39 is 17.7 Å². The van der Waals surface area contributed by atoms with Crippen LogP contribution in [0.5, 0.6) is 0 Å². The number of amides is 2. The molecule has 1 aliphatic carbocycles. The second kappa shape index (κ2) is 12.8. The molecule has 2 aromatic carbocycles. The number of rotatable bonds is 6. The minimum Gasteiger partial charge on any atom is -0.361 e. The third-order valence-electron chi connectivity index (χ3n) is 9.77. The molecule has 2 unspecified atom stereocenters. The highest BCUT2D eigenvalue weighted by Crippen LogP contribution is 2.40. The van der Waals surface area contributed by atoms with Gasteiger partial charge in [-0.1, -0.05) is 57.0 Å². The van der Waals surface area contributed by atoms with Crippen molar-refractivity contribution in [3.63, 3.8) is 0 Å². The first-order valence-electron chi connectivity index (χ1n) is 16.0. The fourth-order valence-electron chi connectivity index (χ4n) is 7.61. The Morgan fingerprint density at radius 3 is 2.55 bits per heavy atom. The quantitative estimate of drug-likeness (QED) is 0.359. The third kappa shape index (κ3) is 6.31. The van der Waals surface area contributed by atoms with Crippen LogP contribution in [0.1, 0.15) is 69.5 Å². The maximum Gasteiger partial charge on any atom is 0.320 e. The number of aromatic amines is 1. The molecule has 2 aliphatic heterocycles. The molecule has 2 saturated heterocycles. The largest absolute Gasteiger partial charge is 0.361 e. The summed E-state index contributed by atoms with van der Waals surface area (Å²) in [6.07, 6.45) is 7.17. The van der Waals surface area contributed by atoms with Gasteiger partial charge in [0.25, 0.3) is 0 Å². The normalized spacial score (nSPS) is 22.2. The summed E-state index contributed by atoms with van der Waals surface area (Å²) >= 11 is 0. The highest BCUT2D eigenvalue weighted by atomic mass is 19.1. The SMILES string of the molecule is CC(C)NC1CCN(C(=O)N2CCN(Cc3c[nH]c(-c4ccccc4)cc3=O)C3(CCCC3)C2)C(c2cc(F)ccc2F)C1. The Morgan fingerprint density at radius 1 is 1.05 bits per heavy atom. The molecule has 3 heterocycles. The van der Waals surface area contributed by atoms with Gasteiger partial charge in [0.05, 0.1) is 6.04 Å². The summed E-state index contributed by atoms with van der Waals surface area (Å²) in [6.45, 7) is 6.87. The smallest absolute Gasteiger partial charge is 0.320 e. The van der Waals surface area contributed by atoms with Crippen LogP contribution in [0, 0.1) is 11.6 Å². The van der Waals surface area contributed by atoms with Gasteiger partial charge in [-0.05, 0) is 49.4 Å². The number of piperazine rings is 1. The molecule has 6 rings (SSSR count). The van der Waals surface area contributed by atoms with Crippen molar-refractivity contribution in [3.05, 3.63) is 93.8 Å². The monoisotopic (exact) mass is 603 g/mol. The zero-order valence-electron chi connectivity index (χ0n) is 25.7. The van der Waals surface area contributed by atoms with Crippen molar-refractivity contribution in [2.24, 2.45) is 0 Å². The number of carbonyl (C=O) groups is 1. The third-order valence-corrected chi connectivity index (χ3v) is 9.77. The topological polar surface area (TPSA) is 71.7 Å². The maximum atomic E-state index is 15.1. The number of halogens is 2. The van der Waals surface area contributed by atoms with Crippen LogP contribution in [0.3, 0.4) is 0 Å². The second-order valence-electron chi connectivity index (χ2n) is 13.1. The first kappa shape index (κ1) is 30.5. The molecular weight excluding hydrogens is 560 g/mol. The summed E-state index contributed by atoms with van der Waals surface area (Å²) in [5, 5.41) is 3.54. The summed E-state index contributed by atoms with van der Waals surface area (Å²) in [4.78, 5) is 36.8. The van der Waals surface area contributed by atoms with Crippen LogP contribution in [-0.2, 0) is 6.54 Å². The summed E-state index contributed by atoms with van der Waals surface area (Å²) < 4.78 is 29.4. The van der Waals surface area contributed by atoms with E-state index in [1.807, 2.05) is 41.4 Å². The Balaban J connectivity index is 1.21. The lowest BCUT2D eigenvalue weighted by atomic mass is 9.89. The van der Waals surface area contributed by atoms with Gasteiger partial charge in [-0.15, -0.1) is 0 Å². The zero-order chi connectivity index (χ0) is 30.8. The van der Waals surface area contributed by atoms with Crippen LogP contribution in [0.2, 0.25) is 0 Å². The van der Waals surface area contributed by atoms with Gasteiger partial charge in [0.1, 0.15) is 11.6 Å². The lowest BCUT2D eigenvalue weighted by molar-refractivity contribution is -0.00256. The first-order chi connectivity index (χ1) is 21.2. The Labute approximate surface area is 258 Å². The average molecular weight is 604 g/mol. The number of piperidine rings is 1. The molecule has 44 heavy (non-hydrogen) atoms. The van der Waals surface area contributed by atoms with Gasteiger partial charge in [-0.2, -0.15) is 0 Å². The number of nitrogens with zero attached hydrogens (tertiary/aromatic N) is 3. The number of carbonyl (C=O) groups excluding carboxylic acids is 1. The second-order valence-corrected chi connectivity index (χ2v) is 13.1. The van der Waals surface area contributed by atoms with E-state index >= 15 is 4.39 Å². The molecule has 3 aromatic rings. The Hall–Kier alpha value is -3.56. The highest BCUT2D eigenvalue weighted by molar-refractivity contribution is 5.75. The van der Waals surface area contributed by atoms with Crippen LogP contribution < -0.4 is 10.7 Å². The van der Waals surface area contributed by atoms with Gasteiger partial charge in [0, 0.05) is 79.4 Å². The number of benzene rings is 2. The van der Waals surface area contributed by atoms with Crippen molar-refractivity contribution < 1.29 is 13.6 Å². The molecule has 234 valence electrons. The van der Waals surface area contributed by atoms with Crippen molar-refractivity contribution in [2.45, 2.75) is 82.6 Å². The van der Waals surface area contributed by atoms with Crippen LogP contribution in [0.25, 0.3) is 11.3 Å². The van der Waals surface area contributed by atoms with E-state index in [0.29, 0.717) is 39.1 Å². The molecule has 2 amide bonds. The van der Waals surface area contributed by atoms with Gasteiger partial charge in [-0.3, -0.25) is 9.69 Å². The number of nitrogens with one attached hydrogen (secondary N) is 2. The average Bonchev–Trinajstić information content (AvgIpc) is 3.48. The van der Waals surface area contributed by atoms with Gasteiger partial charge in [-0.25, -0.2) is 13.6 Å². The highest BCUT2D eigenvalue weighted by Gasteiger charge is 2.46. The first-order valence-corrected chi connectivity index (χ1v) is 16.0. The molecule has 2 N–H and O–H groups in total. The van der Waals surface area contributed by atoms with E-state index in [-0.39, 0.29) is 34.6 Å². The number of pyridine rings is 1. The van der Waals surface area contributed by atoms with Crippen LogP contribution in [0.15, 0.2) is 65.6 Å². The van der Waals surface area contributed by atoms with Crippen molar-refractivity contribution >= 4 is 6.03 Å². The fraction of sp³-hybridized carbons (Fsp3) is 0.486. The number of likely N-dealkylation sites (tertiary alicyclic amines) is 1. The number of hydrogen-bond acceptors (Lipinski definition) is 4.